The number of carbonyl (C=O) groups excluding carboxylic acids is 1. The van der Waals surface area contributed by atoms with E-state index in [1.807, 2.05) is 17.5 Å². The highest BCUT2D eigenvalue weighted by Crippen LogP contribution is 2.23. The van der Waals surface area contributed by atoms with Crippen LogP contribution in [0.1, 0.15) is 36.2 Å². The molecule has 3 rings (SSSR count). The fraction of sp³-hybridized carbons (Fsp3) is 0.429. The second-order valence-electron chi connectivity index (χ2n) is 5.23. The molecule has 21 heavy (non-hydrogen) atoms. The van der Waals surface area contributed by atoms with E-state index in [0.717, 1.165) is 36.3 Å². The van der Waals surface area contributed by atoms with Crippen LogP contribution < -0.4 is 11.1 Å². The van der Waals surface area contributed by atoms with Gasteiger partial charge in [-0.15, -0.1) is 23.7 Å². The Labute approximate surface area is 133 Å². The standard InChI is InChI=1S/C14H18N4OS.ClH/c15-9-3-5-10(6-4-9)16-14(19)12-8-11(17-18-12)13-2-1-7-20-13;/h1-2,7-10H,3-6,15H2,(H,16,19)(H,17,18);1H. The number of halogens is 1. The second-order valence-corrected chi connectivity index (χ2v) is 6.18. The fourth-order valence-corrected chi connectivity index (χ4v) is 3.21. The molecule has 1 amide bonds. The van der Waals surface area contributed by atoms with Gasteiger partial charge in [-0.25, -0.2) is 0 Å². The number of carbonyl (C=O) groups is 1. The Hall–Kier alpha value is -1.37. The molecule has 0 unspecified atom stereocenters. The molecular weight excluding hydrogens is 308 g/mol. The largest absolute Gasteiger partial charge is 0.348 e. The lowest BCUT2D eigenvalue weighted by Crippen LogP contribution is -2.40. The smallest absolute Gasteiger partial charge is 0.272 e. The molecule has 0 spiro atoms. The van der Waals surface area contributed by atoms with Crippen LogP contribution >= 0.6 is 23.7 Å². The first-order valence-corrected chi connectivity index (χ1v) is 7.76. The van der Waals surface area contributed by atoms with Crippen LogP contribution in [0.4, 0.5) is 0 Å². The number of amides is 1. The lowest BCUT2D eigenvalue weighted by molar-refractivity contribution is 0.0921. The molecule has 2 aromatic rings. The van der Waals surface area contributed by atoms with Crippen molar-refractivity contribution in [3.8, 4) is 10.6 Å². The first-order valence-electron chi connectivity index (χ1n) is 6.88. The molecule has 1 aliphatic rings. The second kappa shape index (κ2) is 7.06. The van der Waals surface area contributed by atoms with Crippen LogP contribution in [0.5, 0.6) is 0 Å². The van der Waals surface area contributed by atoms with Crippen molar-refractivity contribution in [2.24, 2.45) is 5.73 Å². The zero-order valence-corrected chi connectivity index (χ0v) is 13.2. The van der Waals surface area contributed by atoms with Gasteiger partial charge in [0.15, 0.2) is 5.69 Å². The van der Waals surface area contributed by atoms with E-state index in [0.29, 0.717) is 11.7 Å². The third-order valence-corrected chi connectivity index (χ3v) is 4.61. The van der Waals surface area contributed by atoms with Gasteiger partial charge in [0.05, 0.1) is 10.6 Å². The third kappa shape index (κ3) is 3.84. The van der Waals surface area contributed by atoms with Gasteiger partial charge in [0.2, 0.25) is 0 Å². The van der Waals surface area contributed by atoms with Crippen LogP contribution in [-0.4, -0.2) is 28.2 Å². The monoisotopic (exact) mass is 326 g/mol. The van der Waals surface area contributed by atoms with Gasteiger partial charge in [0.25, 0.3) is 5.91 Å². The first kappa shape index (κ1) is 16.0. The molecule has 7 heteroatoms. The molecule has 1 fully saturated rings. The van der Waals surface area contributed by atoms with Gasteiger partial charge in [-0.05, 0) is 43.2 Å². The van der Waals surface area contributed by atoms with Crippen LogP contribution in [0, 0.1) is 0 Å². The summed E-state index contributed by atoms with van der Waals surface area (Å²) in [5.74, 6) is -0.107. The van der Waals surface area contributed by atoms with Crippen LogP contribution in [0.2, 0.25) is 0 Å². The quantitative estimate of drug-likeness (QED) is 0.810. The summed E-state index contributed by atoms with van der Waals surface area (Å²) in [5.41, 5.74) is 7.20. The van der Waals surface area contributed by atoms with Crippen molar-refractivity contribution in [2.75, 3.05) is 0 Å². The summed E-state index contributed by atoms with van der Waals surface area (Å²) in [6.07, 6.45) is 3.86. The molecule has 1 aliphatic carbocycles. The first-order chi connectivity index (χ1) is 9.72. The summed E-state index contributed by atoms with van der Waals surface area (Å²) < 4.78 is 0. The molecule has 1 saturated carbocycles. The maximum Gasteiger partial charge on any atom is 0.272 e. The molecule has 2 aromatic heterocycles. The highest BCUT2D eigenvalue weighted by atomic mass is 35.5. The summed E-state index contributed by atoms with van der Waals surface area (Å²) in [4.78, 5) is 13.2. The zero-order valence-electron chi connectivity index (χ0n) is 11.5. The van der Waals surface area contributed by atoms with E-state index in [2.05, 4.69) is 15.5 Å². The van der Waals surface area contributed by atoms with Gasteiger partial charge < -0.3 is 11.1 Å². The number of nitrogens with one attached hydrogen (secondary N) is 2. The van der Waals surface area contributed by atoms with Crippen LogP contribution in [0.3, 0.4) is 0 Å². The Bertz CT molecular complexity index is 576. The molecule has 0 radical (unpaired) electrons. The van der Waals surface area contributed by atoms with Gasteiger partial charge in [0, 0.05) is 12.1 Å². The van der Waals surface area contributed by atoms with Crippen LogP contribution in [-0.2, 0) is 0 Å². The summed E-state index contributed by atoms with van der Waals surface area (Å²) >= 11 is 1.62. The fourth-order valence-electron chi connectivity index (χ4n) is 2.52. The predicted octanol–water partition coefficient (Wildman–Crippen LogP) is 2.56. The molecule has 0 bridgehead atoms. The van der Waals surface area contributed by atoms with E-state index >= 15 is 0 Å². The van der Waals surface area contributed by atoms with Gasteiger partial charge in [-0.1, -0.05) is 6.07 Å². The topological polar surface area (TPSA) is 83.8 Å². The van der Waals surface area contributed by atoms with E-state index in [9.17, 15) is 4.79 Å². The molecule has 0 aliphatic heterocycles. The predicted molar refractivity (Wildman–Crippen MR) is 86.8 cm³/mol. The Kier molecular flexibility index (Phi) is 5.39. The lowest BCUT2D eigenvalue weighted by Gasteiger charge is -2.26. The number of hydrogen-bond acceptors (Lipinski definition) is 4. The molecule has 5 nitrogen and oxygen atoms in total. The van der Waals surface area contributed by atoms with Crippen molar-refractivity contribution < 1.29 is 4.79 Å². The van der Waals surface area contributed by atoms with Gasteiger partial charge in [0.1, 0.15) is 0 Å². The normalized spacial score (nSPS) is 21.6. The Balaban J connectivity index is 0.00000161. The molecule has 114 valence electrons. The molecule has 4 N–H and O–H groups in total. The summed E-state index contributed by atoms with van der Waals surface area (Å²) in [5, 5.41) is 12.1. The summed E-state index contributed by atoms with van der Waals surface area (Å²) in [6, 6.07) is 6.30. The van der Waals surface area contributed by atoms with Crippen molar-refractivity contribution in [3.05, 3.63) is 29.3 Å². The van der Waals surface area contributed by atoms with Gasteiger partial charge in [-0.3, -0.25) is 9.89 Å². The molecule has 0 aromatic carbocycles. The van der Waals surface area contributed by atoms with E-state index < -0.39 is 0 Å². The Morgan fingerprint density at radius 3 is 2.81 bits per heavy atom. The van der Waals surface area contributed by atoms with Crippen LogP contribution in [0.25, 0.3) is 10.6 Å². The minimum Gasteiger partial charge on any atom is -0.348 e. The highest BCUT2D eigenvalue weighted by molar-refractivity contribution is 7.13. The molecule has 0 atom stereocenters. The van der Waals surface area contributed by atoms with Crippen molar-refractivity contribution in [2.45, 2.75) is 37.8 Å². The minimum absolute atomic E-state index is 0. The SMILES string of the molecule is Cl.NC1CCC(NC(=O)c2cc(-c3cccs3)[nH]n2)CC1. The Morgan fingerprint density at radius 2 is 2.14 bits per heavy atom. The summed E-state index contributed by atoms with van der Waals surface area (Å²) in [7, 11) is 0. The van der Waals surface area contributed by atoms with E-state index in [4.69, 9.17) is 5.73 Å². The van der Waals surface area contributed by atoms with Crippen molar-refractivity contribution in [1.82, 2.24) is 15.5 Å². The average molecular weight is 327 g/mol. The maximum atomic E-state index is 12.2. The summed E-state index contributed by atoms with van der Waals surface area (Å²) in [6.45, 7) is 0. The van der Waals surface area contributed by atoms with Crippen LogP contribution in [0.15, 0.2) is 23.6 Å². The lowest BCUT2D eigenvalue weighted by atomic mass is 9.92. The number of aromatic amines is 1. The average Bonchev–Trinajstić information content (AvgIpc) is 3.11. The zero-order chi connectivity index (χ0) is 13.9. The number of hydrogen-bond donors (Lipinski definition) is 3. The molecular formula is C14H19ClN4OS. The number of aromatic nitrogens is 2. The van der Waals surface area contributed by atoms with Crippen molar-refractivity contribution in [3.63, 3.8) is 0 Å². The van der Waals surface area contributed by atoms with Gasteiger partial charge >= 0.3 is 0 Å². The van der Waals surface area contributed by atoms with Gasteiger partial charge in [-0.2, -0.15) is 5.10 Å². The number of rotatable bonds is 3. The molecule has 0 saturated heterocycles. The number of nitrogens with two attached hydrogens (primary N) is 1. The maximum absolute atomic E-state index is 12.2. The van der Waals surface area contributed by atoms with E-state index in [1.54, 1.807) is 17.4 Å². The van der Waals surface area contributed by atoms with E-state index in [1.165, 1.54) is 0 Å². The Morgan fingerprint density at radius 1 is 1.38 bits per heavy atom. The van der Waals surface area contributed by atoms with E-state index in [-0.39, 0.29) is 24.4 Å². The third-order valence-electron chi connectivity index (χ3n) is 3.70. The highest BCUT2D eigenvalue weighted by Gasteiger charge is 2.21. The number of H-pyrrole nitrogens is 1. The van der Waals surface area contributed by atoms with Crippen molar-refractivity contribution in [1.29, 1.82) is 0 Å². The van der Waals surface area contributed by atoms with Crippen molar-refractivity contribution >= 4 is 29.7 Å². The minimum atomic E-state index is -0.107. The number of nitrogens with zero attached hydrogens (tertiary/aromatic N) is 1. The number of thiophene rings is 1. The molecule has 2 heterocycles.